The van der Waals surface area contributed by atoms with Crippen molar-refractivity contribution in [1.82, 2.24) is 0 Å². The molecule has 214 valence electrons. The van der Waals surface area contributed by atoms with Crippen LogP contribution in [0.3, 0.4) is 0 Å². The van der Waals surface area contributed by atoms with Crippen LogP contribution in [0, 0.1) is 0 Å². The number of hydrogen-bond acceptors (Lipinski definition) is 0. The van der Waals surface area contributed by atoms with E-state index in [0.29, 0.717) is 36.4 Å². The first kappa shape index (κ1) is 32.7. The van der Waals surface area contributed by atoms with E-state index in [2.05, 4.69) is 10.7 Å². The van der Waals surface area contributed by atoms with Crippen LogP contribution in [-0.4, -0.2) is 0 Å². The van der Waals surface area contributed by atoms with Gasteiger partial charge in [-0.05, 0) is 66.2 Å². The van der Waals surface area contributed by atoms with Gasteiger partial charge in [-0.2, -0.15) is 13.2 Å². The van der Waals surface area contributed by atoms with Crippen LogP contribution in [0.25, 0.3) is 5.03 Å². The van der Waals surface area contributed by atoms with E-state index in [9.17, 15) is 44.3 Å². The fourth-order valence-electron chi connectivity index (χ4n) is 2.57. The van der Waals surface area contributed by atoms with E-state index in [0.717, 1.165) is 36.4 Å². The molecule has 17 heteroatoms. The van der Waals surface area contributed by atoms with Gasteiger partial charge in [0.05, 0.1) is 25.8 Å². The number of hydrogen-bond donors (Lipinski definition) is 0. The zero-order chi connectivity index (χ0) is 29.6. The van der Waals surface area contributed by atoms with Crippen molar-refractivity contribution in [2.45, 2.75) is 16.0 Å². The smallest absolute Gasteiger partial charge is 0.166 e. The molecule has 3 aromatic rings. The van der Waals surface area contributed by atoms with Crippen molar-refractivity contribution in [3.8, 4) is 0 Å². The van der Waals surface area contributed by atoms with Gasteiger partial charge in [0, 0.05) is 20.7 Å². The first-order valence-corrected chi connectivity index (χ1v) is 15.5. The third kappa shape index (κ3) is 9.02. The Morgan fingerprint density at radius 1 is 0.605 bits per heavy atom. The second kappa shape index (κ2) is 9.00. The van der Waals surface area contributed by atoms with Crippen LogP contribution in [0.5, 0.6) is 0 Å². The molecule has 0 aliphatic heterocycles. The Bertz CT molecular complexity index is 1350. The Kier molecular flexibility index (Phi) is 7.74. The minimum Gasteiger partial charge on any atom is -0.166 e. The van der Waals surface area contributed by atoms with E-state index < -0.39 is 56.4 Å². The van der Waals surface area contributed by atoms with Crippen LogP contribution >= 0.6 is 64.4 Å². The molecule has 0 saturated carbocycles. The zero-order valence-corrected chi connectivity index (χ0v) is 22.6. The van der Waals surface area contributed by atoms with Gasteiger partial charge in [0.1, 0.15) is 0 Å². The number of halogens is 15. The summed E-state index contributed by atoms with van der Waals surface area (Å²) in [4.78, 5) is -3.07. The molecule has 0 spiro atoms. The normalized spacial score (nSPS) is 16.8. The molecule has 0 aliphatic rings. The Morgan fingerprint density at radius 3 is 1.32 bits per heavy atom. The molecule has 38 heavy (non-hydrogen) atoms. The molecule has 0 unspecified atom stereocenters. The molecule has 0 N–H and O–H groups in total. The fourth-order valence-corrected chi connectivity index (χ4v) is 5.84. The Hall–Kier alpha value is -1.51. The Morgan fingerprint density at radius 2 is 0.974 bits per heavy atom. The molecule has 0 saturated heterocycles. The van der Waals surface area contributed by atoms with Crippen molar-refractivity contribution >= 4 is 69.4 Å². The molecular weight excluding hydrogens is 667 g/mol. The molecule has 0 aliphatic carbocycles. The van der Waals surface area contributed by atoms with Crippen molar-refractivity contribution in [2.24, 2.45) is 0 Å². The average molecular weight is 680 g/mol. The monoisotopic (exact) mass is 678 g/mol. The summed E-state index contributed by atoms with van der Waals surface area (Å²) in [6.45, 7) is 0. The van der Waals surface area contributed by atoms with E-state index in [-0.39, 0.29) is 10.0 Å². The highest BCUT2D eigenvalue weighted by molar-refractivity contribution is 8.65. The van der Waals surface area contributed by atoms with Crippen molar-refractivity contribution in [3.05, 3.63) is 99.4 Å². The van der Waals surface area contributed by atoms with Gasteiger partial charge in [0.15, 0.2) is 0 Å². The number of rotatable bonds is 4. The van der Waals surface area contributed by atoms with Crippen LogP contribution in [0.4, 0.5) is 44.3 Å². The molecule has 0 aromatic heterocycles. The van der Waals surface area contributed by atoms with Crippen molar-refractivity contribution in [2.75, 3.05) is 0 Å². The van der Waals surface area contributed by atoms with E-state index in [1.807, 2.05) is 0 Å². The van der Waals surface area contributed by atoms with Gasteiger partial charge in [-0.25, -0.2) is 0 Å². The largest absolute Gasteiger partial charge is 0.416 e. The van der Waals surface area contributed by atoms with Gasteiger partial charge in [-0.3, -0.25) is 0 Å². The van der Waals surface area contributed by atoms with Crippen molar-refractivity contribution < 1.29 is 44.3 Å². The van der Waals surface area contributed by atoms with Crippen LogP contribution in [0.1, 0.15) is 11.1 Å². The average Bonchev–Trinajstić information content (AvgIpc) is 2.71. The highest BCUT2D eigenvalue weighted by Crippen LogP contribution is 3.04. The summed E-state index contributed by atoms with van der Waals surface area (Å²) in [5, 5.41) is -1.69. The summed E-state index contributed by atoms with van der Waals surface area (Å²) in [5.74, 6) is 0. The maximum Gasteiger partial charge on any atom is 0.416 e. The zero-order valence-electron chi connectivity index (χ0n) is 18.0. The minimum atomic E-state index is -8.91. The Balaban J connectivity index is 0.000000328. The van der Waals surface area contributed by atoms with Crippen LogP contribution in [0.2, 0.25) is 10.0 Å². The first-order chi connectivity index (χ1) is 16.6. The number of benzene rings is 3. The molecule has 3 aromatic carbocycles. The topological polar surface area (TPSA) is 0 Å². The Labute approximate surface area is 228 Å². The molecule has 0 atom stereocenters. The lowest BCUT2D eigenvalue weighted by Gasteiger charge is -2.47. The van der Waals surface area contributed by atoms with E-state index in [1.165, 1.54) is 0 Å². The third-order valence-corrected chi connectivity index (χ3v) is 9.02. The van der Waals surface area contributed by atoms with Crippen molar-refractivity contribution in [1.29, 1.82) is 0 Å². The lowest BCUT2D eigenvalue weighted by Crippen LogP contribution is -2.10. The quantitative estimate of drug-likeness (QED) is 0.241. The minimum absolute atomic E-state index is 0.0186. The lowest BCUT2D eigenvalue weighted by atomic mass is 10.1. The summed E-state index contributed by atoms with van der Waals surface area (Å²) in [6, 6.07) is 8.14. The summed E-state index contributed by atoms with van der Waals surface area (Å²) in [7, 11) is -13.4. The summed E-state index contributed by atoms with van der Waals surface area (Å²) < 4.78 is 144. The molecule has 0 amide bonds. The first-order valence-electron chi connectivity index (χ1n) is 9.42. The van der Waals surface area contributed by atoms with Crippen LogP contribution in [0.15, 0.2) is 88.0 Å². The second-order valence-electron chi connectivity index (χ2n) is 7.55. The van der Waals surface area contributed by atoms with E-state index in [1.54, 1.807) is 0 Å². The lowest BCUT2D eigenvalue weighted by molar-refractivity contribution is -0.137. The highest BCUT2D eigenvalue weighted by Gasteiger charge is 2.63. The molecule has 0 fully saturated rings. The summed E-state index contributed by atoms with van der Waals surface area (Å²) >= 11 is 16.4. The molecule has 0 nitrogen and oxygen atoms in total. The van der Waals surface area contributed by atoms with Gasteiger partial charge in [0.25, 0.3) is 9.05 Å². The van der Waals surface area contributed by atoms with Crippen molar-refractivity contribution in [3.63, 3.8) is 0 Å². The molecule has 3 rings (SSSR count). The number of alkyl halides is 3. The predicted octanol–water partition coefficient (Wildman–Crippen LogP) is 13.6. The summed E-state index contributed by atoms with van der Waals surface area (Å²) in [5.41, 5.74) is -1.47. The van der Waals surface area contributed by atoms with Gasteiger partial charge in [-0.15, -0.1) is 31.1 Å². The standard InChI is InChI=1S/C15H9Cl2F7S.C6H4Cl2F4S/c16-12-5-7-13(8-6-12)25(21,22,23,24)9-14(17)10-1-3-11(4-2-10)15(18,19)20;7-5-1-3-6(4-2-5)13(8,9,10,11)12/h1-9H;1-4H/b14-9+;. The molecule has 0 heterocycles. The van der Waals surface area contributed by atoms with Gasteiger partial charge in [0.2, 0.25) is 9.84 Å². The molecule has 0 bridgehead atoms. The summed E-state index contributed by atoms with van der Waals surface area (Å²) in [6.07, 6.45) is -4.65. The molecular formula is C21H13Cl4F11S2. The van der Waals surface area contributed by atoms with Crippen LogP contribution < -0.4 is 0 Å². The van der Waals surface area contributed by atoms with E-state index >= 15 is 0 Å². The maximum absolute atomic E-state index is 14.3. The fraction of sp³-hybridized carbons (Fsp3) is 0.0476. The maximum atomic E-state index is 14.3. The van der Waals surface area contributed by atoms with Crippen LogP contribution in [-0.2, 0) is 6.18 Å². The SMILES string of the molecule is FC(F)(F)c1ccc(/C(Cl)=C\S(F)(F)(F)(F)c2ccc(Cl)cc2)cc1.FS(F)(F)(F)(Cl)c1ccc(Cl)cc1. The highest BCUT2D eigenvalue weighted by atomic mass is 35.7. The predicted molar refractivity (Wildman–Crippen MR) is 135 cm³/mol. The third-order valence-electron chi connectivity index (χ3n) is 4.39. The van der Waals surface area contributed by atoms with Gasteiger partial charge < -0.3 is 0 Å². The van der Waals surface area contributed by atoms with Gasteiger partial charge in [-0.1, -0.05) is 46.9 Å². The molecule has 0 radical (unpaired) electrons. The van der Waals surface area contributed by atoms with Gasteiger partial charge >= 0.3 is 6.18 Å². The second-order valence-corrected chi connectivity index (χ2v) is 16.1. The van der Waals surface area contributed by atoms with E-state index in [4.69, 9.17) is 34.8 Å².